The van der Waals surface area contributed by atoms with Gasteiger partial charge in [-0.1, -0.05) is 19.8 Å². The van der Waals surface area contributed by atoms with Gasteiger partial charge in [-0.2, -0.15) is 0 Å². The van der Waals surface area contributed by atoms with Gasteiger partial charge in [0.25, 0.3) is 0 Å². The van der Waals surface area contributed by atoms with Crippen LogP contribution >= 0.6 is 0 Å². The summed E-state index contributed by atoms with van der Waals surface area (Å²) in [6.45, 7) is 11.6. The van der Waals surface area contributed by atoms with Crippen molar-refractivity contribution in [3.63, 3.8) is 0 Å². The SMILES string of the molecule is CCN(CCNCC1CCCC1)C(C)C. The summed E-state index contributed by atoms with van der Waals surface area (Å²) in [6.07, 6.45) is 5.82. The van der Waals surface area contributed by atoms with Gasteiger partial charge in [-0.3, -0.25) is 4.90 Å². The van der Waals surface area contributed by atoms with Gasteiger partial charge in [0.1, 0.15) is 0 Å². The van der Waals surface area contributed by atoms with Gasteiger partial charge in [0.15, 0.2) is 0 Å². The zero-order valence-electron chi connectivity index (χ0n) is 10.8. The van der Waals surface area contributed by atoms with Gasteiger partial charge in [0.2, 0.25) is 0 Å². The molecule has 0 saturated heterocycles. The highest BCUT2D eigenvalue weighted by molar-refractivity contribution is 4.70. The highest BCUT2D eigenvalue weighted by Crippen LogP contribution is 2.23. The molecule has 0 aromatic heterocycles. The molecule has 0 aliphatic heterocycles. The van der Waals surface area contributed by atoms with E-state index in [1.807, 2.05) is 0 Å². The van der Waals surface area contributed by atoms with Gasteiger partial charge in [0.05, 0.1) is 0 Å². The summed E-state index contributed by atoms with van der Waals surface area (Å²) >= 11 is 0. The van der Waals surface area contributed by atoms with E-state index in [0.717, 1.165) is 12.5 Å². The van der Waals surface area contributed by atoms with E-state index in [4.69, 9.17) is 0 Å². The lowest BCUT2D eigenvalue weighted by molar-refractivity contribution is 0.232. The summed E-state index contributed by atoms with van der Waals surface area (Å²) in [5.74, 6) is 0.971. The standard InChI is InChI=1S/C13H28N2/c1-4-15(12(2)3)10-9-14-11-13-7-5-6-8-13/h12-14H,4-11H2,1-3H3. The number of hydrogen-bond acceptors (Lipinski definition) is 2. The van der Waals surface area contributed by atoms with Crippen molar-refractivity contribution in [3.8, 4) is 0 Å². The van der Waals surface area contributed by atoms with Gasteiger partial charge in [0, 0.05) is 19.1 Å². The van der Waals surface area contributed by atoms with E-state index in [-0.39, 0.29) is 0 Å². The van der Waals surface area contributed by atoms with Crippen LogP contribution in [0.2, 0.25) is 0 Å². The molecule has 0 amide bonds. The van der Waals surface area contributed by atoms with Crippen LogP contribution in [0.25, 0.3) is 0 Å². The molecule has 0 bridgehead atoms. The molecule has 0 unspecified atom stereocenters. The van der Waals surface area contributed by atoms with E-state index < -0.39 is 0 Å². The van der Waals surface area contributed by atoms with E-state index in [1.165, 1.54) is 45.3 Å². The highest BCUT2D eigenvalue weighted by atomic mass is 15.2. The van der Waals surface area contributed by atoms with Crippen molar-refractivity contribution in [3.05, 3.63) is 0 Å². The minimum Gasteiger partial charge on any atom is -0.315 e. The smallest absolute Gasteiger partial charge is 0.0109 e. The predicted molar refractivity (Wildman–Crippen MR) is 67.2 cm³/mol. The molecule has 0 aromatic carbocycles. The Morgan fingerprint density at radius 1 is 1.27 bits per heavy atom. The summed E-state index contributed by atoms with van der Waals surface area (Å²) in [7, 11) is 0. The molecule has 0 aromatic rings. The van der Waals surface area contributed by atoms with E-state index in [0.29, 0.717) is 6.04 Å². The normalized spacial score (nSPS) is 18.2. The number of nitrogens with zero attached hydrogens (tertiary/aromatic N) is 1. The Labute approximate surface area is 95.4 Å². The molecule has 1 N–H and O–H groups in total. The van der Waals surface area contributed by atoms with Gasteiger partial charge >= 0.3 is 0 Å². The summed E-state index contributed by atoms with van der Waals surface area (Å²) in [5, 5.41) is 3.61. The van der Waals surface area contributed by atoms with E-state index in [2.05, 4.69) is 31.0 Å². The first-order valence-corrected chi connectivity index (χ1v) is 6.68. The average Bonchev–Trinajstić information content (AvgIpc) is 2.70. The maximum atomic E-state index is 3.61. The Morgan fingerprint density at radius 3 is 2.47 bits per heavy atom. The Balaban J connectivity index is 1.99. The van der Waals surface area contributed by atoms with Crippen LogP contribution in [0.1, 0.15) is 46.5 Å². The monoisotopic (exact) mass is 212 g/mol. The van der Waals surface area contributed by atoms with Crippen molar-refractivity contribution in [1.82, 2.24) is 10.2 Å². The molecular weight excluding hydrogens is 184 g/mol. The highest BCUT2D eigenvalue weighted by Gasteiger charge is 2.14. The molecular formula is C13H28N2. The van der Waals surface area contributed by atoms with Gasteiger partial charge in [-0.25, -0.2) is 0 Å². The second-order valence-corrected chi connectivity index (χ2v) is 5.08. The summed E-state index contributed by atoms with van der Waals surface area (Å²) < 4.78 is 0. The van der Waals surface area contributed by atoms with E-state index >= 15 is 0 Å². The lowest BCUT2D eigenvalue weighted by Gasteiger charge is -2.25. The second-order valence-electron chi connectivity index (χ2n) is 5.08. The Bertz CT molecular complexity index is 151. The Hall–Kier alpha value is -0.0800. The molecule has 1 rings (SSSR count). The van der Waals surface area contributed by atoms with Crippen LogP contribution in [0.3, 0.4) is 0 Å². The minimum absolute atomic E-state index is 0.684. The molecule has 1 fully saturated rings. The molecule has 1 aliphatic rings. The van der Waals surface area contributed by atoms with Gasteiger partial charge in [-0.15, -0.1) is 0 Å². The number of nitrogens with one attached hydrogen (secondary N) is 1. The minimum atomic E-state index is 0.684. The molecule has 0 atom stereocenters. The number of likely N-dealkylation sites (N-methyl/N-ethyl adjacent to an activating group) is 1. The fraction of sp³-hybridized carbons (Fsp3) is 1.00. The Kier molecular flexibility index (Phi) is 6.26. The van der Waals surface area contributed by atoms with Crippen molar-refractivity contribution >= 4 is 0 Å². The summed E-state index contributed by atoms with van der Waals surface area (Å²) in [4.78, 5) is 2.52. The largest absolute Gasteiger partial charge is 0.315 e. The molecule has 0 heterocycles. The number of hydrogen-bond donors (Lipinski definition) is 1. The van der Waals surface area contributed by atoms with Crippen molar-refractivity contribution in [2.45, 2.75) is 52.5 Å². The van der Waals surface area contributed by atoms with Crippen molar-refractivity contribution in [1.29, 1.82) is 0 Å². The maximum Gasteiger partial charge on any atom is 0.0109 e. The van der Waals surface area contributed by atoms with Crippen molar-refractivity contribution in [2.24, 2.45) is 5.92 Å². The molecule has 0 spiro atoms. The summed E-state index contributed by atoms with van der Waals surface area (Å²) in [5.41, 5.74) is 0. The predicted octanol–water partition coefficient (Wildman–Crippen LogP) is 2.50. The molecule has 15 heavy (non-hydrogen) atoms. The third-order valence-corrected chi connectivity index (χ3v) is 3.62. The Morgan fingerprint density at radius 2 is 1.93 bits per heavy atom. The lowest BCUT2D eigenvalue weighted by Crippen LogP contribution is -2.37. The molecule has 2 nitrogen and oxygen atoms in total. The molecule has 90 valence electrons. The van der Waals surface area contributed by atoms with Crippen LogP contribution in [0, 0.1) is 5.92 Å². The van der Waals surface area contributed by atoms with Crippen molar-refractivity contribution in [2.75, 3.05) is 26.2 Å². The first kappa shape index (κ1) is 13.0. The van der Waals surface area contributed by atoms with Crippen molar-refractivity contribution < 1.29 is 0 Å². The van der Waals surface area contributed by atoms with Crippen LogP contribution in [0.4, 0.5) is 0 Å². The van der Waals surface area contributed by atoms with Gasteiger partial charge in [-0.05, 0) is 45.7 Å². The van der Waals surface area contributed by atoms with Gasteiger partial charge < -0.3 is 5.32 Å². The average molecular weight is 212 g/mol. The van der Waals surface area contributed by atoms with Crippen LogP contribution < -0.4 is 5.32 Å². The van der Waals surface area contributed by atoms with E-state index in [1.54, 1.807) is 0 Å². The topological polar surface area (TPSA) is 15.3 Å². The first-order chi connectivity index (χ1) is 7.24. The molecule has 2 heteroatoms. The van der Waals surface area contributed by atoms with Crippen LogP contribution in [-0.4, -0.2) is 37.1 Å². The zero-order valence-corrected chi connectivity index (χ0v) is 10.8. The fourth-order valence-corrected chi connectivity index (χ4v) is 2.52. The van der Waals surface area contributed by atoms with Crippen LogP contribution in [0.15, 0.2) is 0 Å². The molecule has 0 radical (unpaired) electrons. The zero-order chi connectivity index (χ0) is 11.1. The summed E-state index contributed by atoms with van der Waals surface area (Å²) in [6, 6.07) is 0.684. The second kappa shape index (κ2) is 7.24. The number of rotatable bonds is 7. The maximum absolute atomic E-state index is 3.61. The molecule has 1 aliphatic carbocycles. The fourth-order valence-electron chi connectivity index (χ4n) is 2.52. The first-order valence-electron chi connectivity index (χ1n) is 6.68. The van der Waals surface area contributed by atoms with Crippen LogP contribution in [0.5, 0.6) is 0 Å². The quantitative estimate of drug-likeness (QED) is 0.652. The van der Waals surface area contributed by atoms with E-state index in [9.17, 15) is 0 Å². The third kappa shape index (κ3) is 4.98. The third-order valence-electron chi connectivity index (χ3n) is 3.62. The molecule has 1 saturated carbocycles. The van der Waals surface area contributed by atoms with Crippen LogP contribution in [-0.2, 0) is 0 Å². The lowest BCUT2D eigenvalue weighted by atomic mass is 10.1.